The molecule has 0 saturated carbocycles. The molecule has 0 radical (unpaired) electrons. The zero-order chi connectivity index (χ0) is 55.7. The average Bonchev–Trinajstić information content (AvgIpc) is 3.43. The Hall–Kier alpha value is -3.93. The summed E-state index contributed by atoms with van der Waals surface area (Å²) in [5.41, 5.74) is 0. The molecule has 0 rings (SSSR count). The number of ether oxygens (including phenoxy) is 3. The first-order chi connectivity index (χ1) is 38.0. The molecular formula is C71H120O6. The maximum atomic E-state index is 12.9. The van der Waals surface area contributed by atoms with Gasteiger partial charge in [-0.1, -0.05) is 291 Å². The summed E-state index contributed by atoms with van der Waals surface area (Å²) in [6.07, 6.45) is 88.0. The van der Waals surface area contributed by atoms with Crippen LogP contribution < -0.4 is 0 Å². The van der Waals surface area contributed by atoms with E-state index in [4.69, 9.17) is 14.2 Å². The Balaban J connectivity index is 4.38. The van der Waals surface area contributed by atoms with Gasteiger partial charge in [0.2, 0.25) is 0 Å². The lowest BCUT2D eigenvalue weighted by Gasteiger charge is -2.18. The molecule has 0 aromatic heterocycles. The van der Waals surface area contributed by atoms with Crippen molar-refractivity contribution in [2.24, 2.45) is 0 Å². The van der Waals surface area contributed by atoms with E-state index in [2.05, 4.69) is 130 Å². The summed E-state index contributed by atoms with van der Waals surface area (Å²) in [5.74, 6) is -0.894. The Kier molecular flexibility index (Phi) is 61.3. The highest BCUT2D eigenvalue weighted by Gasteiger charge is 2.19. The number of rotatable bonds is 58. The minimum Gasteiger partial charge on any atom is -0.462 e. The molecule has 0 heterocycles. The van der Waals surface area contributed by atoms with Crippen molar-refractivity contribution < 1.29 is 28.6 Å². The van der Waals surface area contributed by atoms with Gasteiger partial charge in [-0.2, -0.15) is 0 Å². The van der Waals surface area contributed by atoms with Crippen LogP contribution in [0.2, 0.25) is 0 Å². The van der Waals surface area contributed by atoms with E-state index in [0.717, 1.165) is 135 Å². The zero-order valence-corrected chi connectivity index (χ0v) is 50.4. The standard InChI is InChI=1S/C71H120O6/c1-4-7-10-13-16-19-22-25-28-30-32-33-34-35-36-37-39-40-43-46-49-52-55-58-61-64-70(73)76-67-68(66-75-69(72)63-60-57-54-51-48-45-42-27-24-21-18-15-12-9-6-3)77-71(74)65-62-59-56-53-50-47-44-41-38-31-29-26-23-20-17-14-11-8-5-2/h7-8,10-11,16-17,19-20,25-26,28-29,32-33,35-36,38,41,68H,4-6,9,12-15,18,21-24,27,30-31,34,37,39-40,42-67H2,1-3H3/b10-7-,11-8-,19-16-,20-17-,28-25-,29-26-,33-32-,36-35-,41-38-. The first-order valence-corrected chi connectivity index (χ1v) is 32.4. The second-order valence-electron chi connectivity index (χ2n) is 21.3. The Morgan fingerprint density at radius 2 is 0.506 bits per heavy atom. The van der Waals surface area contributed by atoms with Gasteiger partial charge >= 0.3 is 17.9 Å². The molecular weight excluding hydrogens is 949 g/mol. The fourth-order valence-electron chi connectivity index (χ4n) is 8.99. The third-order valence-electron chi connectivity index (χ3n) is 13.8. The Morgan fingerprint density at radius 3 is 0.792 bits per heavy atom. The van der Waals surface area contributed by atoms with Gasteiger partial charge in [-0.25, -0.2) is 0 Å². The smallest absolute Gasteiger partial charge is 0.306 e. The first-order valence-electron chi connectivity index (χ1n) is 32.4. The lowest BCUT2D eigenvalue weighted by Crippen LogP contribution is -2.30. The SMILES string of the molecule is CC/C=C\C/C=C\C/C=C\C/C=C\C/C=C\CCCCCCCCCCCC(=O)OCC(COC(=O)CCCCCCCCCCCCCCCCC)OC(=O)CCCCCCCC/C=C\C/C=C\C/C=C\C/C=C\CC. The van der Waals surface area contributed by atoms with Crippen LogP contribution in [-0.2, 0) is 28.6 Å². The van der Waals surface area contributed by atoms with Gasteiger partial charge in [0.25, 0.3) is 0 Å². The van der Waals surface area contributed by atoms with Gasteiger partial charge in [0.1, 0.15) is 13.2 Å². The second-order valence-corrected chi connectivity index (χ2v) is 21.3. The van der Waals surface area contributed by atoms with Gasteiger partial charge in [-0.15, -0.1) is 0 Å². The molecule has 6 nitrogen and oxygen atoms in total. The van der Waals surface area contributed by atoms with Gasteiger partial charge in [0.15, 0.2) is 6.10 Å². The van der Waals surface area contributed by atoms with Crippen LogP contribution in [-0.4, -0.2) is 37.2 Å². The average molecular weight is 1070 g/mol. The molecule has 0 amide bonds. The summed E-state index contributed by atoms with van der Waals surface area (Å²) in [5, 5.41) is 0. The fourth-order valence-corrected chi connectivity index (χ4v) is 8.99. The maximum Gasteiger partial charge on any atom is 0.306 e. The van der Waals surface area contributed by atoms with Crippen LogP contribution in [0.1, 0.15) is 303 Å². The fraction of sp³-hybridized carbons (Fsp3) is 0.704. The van der Waals surface area contributed by atoms with E-state index in [1.807, 2.05) is 0 Å². The Labute approximate surface area is 476 Å². The summed E-state index contributed by atoms with van der Waals surface area (Å²) < 4.78 is 16.9. The topological polar surface area (TPSA) is 78.9 Å². The van der Waals surface area contributed by atoms with E-state index < -0.39 is 6.10 Å². The molecule has 440 valence electrons. The number of unbranched alkanes of at least 4 members (excludes halogenated alkanes) is 29. The van der Waals surface area contributed by atoms with Crippen molar-refractivity contribution in [1.82, 2.24) is 0 Å². The maximum absolute atomic E-state index is 12.9. The Morgan fingerprint density at radius 1 is 0.273 bits per heavy atom. The first kappa shape index (κ1) is 73.1. The molecule has 0 spiro atoms. The van der Waals surface area contributed by atoms with E-state index in [1.54, 1.807) is 0 Å². The molecule has 0 aromatic carbocycles. The third-order valence-corrected chi connectivity index (χ3v) is 13.8. The molecule has 77 heavy (non-hydrogen) atoms. The second kappa shape index (κ2) is 64.6. The molecule has 0 aliphatic heterocycles. The van der Waals surface area contributed by atoms with Crippen molar-refractivity contribution in [3.05, 3.63) is 109 Å². The summed E-state index contributed by atoms with van der Waals surface area (Å²) in [4.78, 5) is 38.4. The molecule has 0 saturated heterocycles. The molecule has 0 fully saturated rings. The molecule has 1 atom stereocenters. The number of hydrogen-bond acceptors (Lipinski definition) is 6. The normalized spacial score (nSPS) is 12.8. The van der Waals surface area contributed by atoms with Crippen LogP contribution in [0.25, 0.3) is 0 Å². The van der Waals surface area contributed by atoms with Gasteiger partial charge in [0.05, 0.1) is 0 Å². The quantitative estimate of drug-likeness (QED) is 0.0261. The third kappa shape index (κ3) is 62.8. The van der Waals surface area contributed by atoms with Crippen molar-refractivity contribution in [1.29, 1.82) is 0 Å². The van der Waals surface area contributed by atoms with Gasteiger partial charge in [0, 0.05) is 19.3 Å². The zero-order valence-electron chi connectivity index (χ0n) is 50.4. The molecule has 0 aliphatic carbocycles. The highest BCUT2D eigenvalue weighted by Crippen LogP contribution is 2.16. The van der Waals surface area contributed by atoms with Crippen LogP contribution >= 0.6 is 0 Å². The number of allylic oxidation sites excluding steroid dienone is 18. The summed E-state index contributed by atoms with van der Waals surface area (Å²) in [6, 6.07) is 0. The van der Waals surface area contributed by atoms with Gasteiger partial charge in [-0.3, -0.25) is 14.4 Å². The highest BCUT2D eigenvalue weighted by atomic mass is 16.6. The summed E-state index contributed by atoms with van der Waals surface area (Å²) in [6.45, 7) is 6.43. The number of hydrogen-bond donors (Lipinski definition) is 0. The Bertz CT molecular complexity index is 1560. The van der Waals surface area contributed by atoms with Gasteiger partial charge in [-0.05, 0) is 103 Å². The molecule has 0 bridgehead atoms. The monoisotopic (exact) mass is 1070 g/mol. The molecule has 6 heteroatoms. The molecule has 0 N–H and O–H groups in total. The van der Waals surface area contributed by atoms with Crippen LogP contribution in [0.4, 0.5) is 0 Å². The predicted molar refractivity (Wildman–Crippen MR) is 334 cm³/mol. The number of carbonyl (C=O) groups is 3. The van der Waals surface area contributed by atoms with E-state index in [0.29, 0.717) is 19.3 Å². The van der Waals surface area contributed by atoms with Crippen molar-refractivity contribution >= 4 is 17.9 Å². The van der Waals surface area contributed by atoms with Crippen LogP contribution in [0.5, 0.6) is 0 Å². The lowest BCUT2D eigenvalue weighted by atomic mass is 10.0. The lowest BCUT2D eigenvalue weighted by molar-refractivity contribution is -0.167. The van der Waals surface area contributed by atoms with Crippen molar-refractivity contribution in [3.8, 4) is 0 Å². The number of esters is 3. The van der Waals surface area contributed by atoms with Crippen LogP contribution in [0.3, 0.4) is 0 Å². The predicted octanol–water partition coefficient (Wildman–Crippen LogP) is 22.2. The van der Waals surface area contributed by atoms with E-state index in [9.17, 15) is 14.4 Å². The summed E-state index contributed by atoms with van der Waals surface area (Å²) >= 11 is 0. The van der Waals surface area contributed by atoms with Crippen molar-refractivity contribution in [3.63, 3.8) is 0 Å². The van der Waals surface area contributed by atoms with Gasteiger partial charge < -0.3 is 14.2 Å². The van der Waals surface area contributed by atoms with Crippen LogP contribution in [0, 0.1) is 0 Å². The van der Waals surface area contributed by atoms with Crippen molar-refractivity contribution in [2.75, 3.05) is 13.2 Å². The van der Waals surface area contributed by atoms with E-state index >= 15 is 0 Å². The van der Waals surface area contributed by atoms with Crippen LogP contribution in [0.15, 0.2) is 109 Å². The van der Waals surface area contributed by atoms with Crippen molar-refractivity contribution in [2.45, 2.75) is 309 Å². The van der Waals surface area contributed by atoms with E-state index in [1.165, 1.54) is 128 Å². The molecule has 0 aliphatic rings. The summed E-state index contributed by atoms with van der Waals surface area (Å²) in [7, 11) is 0. The largest absolute Gasteiger partial charge is 0.462 e. The number of carbonyl (C=O) groups excluding carboxylic acids is 3. The minimum atomic E-state index is -0.790. The minimum absolute atomic E-state index is 0.0841. The highest BCUT2D eigenvalue weighted by molar-refractivity contribution is 5.71. The van der Waals surface area contributed by atoms with E-state index in [-0.39, 0.29) is 31.1 Å². The molecule has 1 unspecified atom stereocenters. The molecule has 0 aromatic rings.